The number of carboxylic acid groups (broad SMARTS) is 1. The highest BCUT2D eigenvalue weighted by atomic mass is 16.4. The molecule has 0 heterocycles. The molecular formula is C12H15NO3. The molecule has 0 saturated carbocycles. The van der Waals surface area contributed by atoms with Gasteiger partial charge in [0, 0.05) is 6.04 Å². The maximum absolute atomic E-state index is 10.8. The Bertz CT molecular complexity index is 417. The van der Waals surface area contributed by atoms with Crippen LogP contribution in [0.3, 0.4) is 0 Å². The zero-order valence-electron chi connectivity index (χ0n) is 9.10. The van der Waals surface area contributed by atoms with Crippen LogP contribution in [-0.2, 0) is 11.2 Å². The van der Waals surface area contributed by atoms with Crippen LogP contribution in [0.2, 0.25) is 0 Å². The molecule has 1 aromatic rings. The molecule has 0 spiro atoms. The summed E-state index contributed by atoms with van der Waals surface area (Å²) in [5.74, 6) is -0.543. The zero-order valence-corrected chi connectivity index (χ0v) is 9.10. The third kappa shape index (κ3) is 1.88. The third-order valence-corrected chi connectivity index (χ3v) is 3.07. The topological polar surface area (TPSA) is 69.6 Å². The first-order chi connectivity index (χ1) is 7.59. The fourth-order valence-corrected chi connectivity index (χ4v) is 2.18. The molecule has 4 heteroatoms. The van der Waals surface area contributed by atoms with Gasteiger partial charge in [0.2, 0.25) is 0 Å². The molecule has 0 fully saturated rings. The molecule has 2 rings (SSSR count). The van der Waals surface area contributed by atoms with Crippen molar-refractivity contribution >= 4 is 5.97 Å². The Kier molecular flexibility index (Phi) is 2.83. The van der Waals surface area contributed by atoms with E-state index in [1.165, 1.54) is 0 Å². The van der Waals surface area contributed by atoms with Gasteiger partial charge in [-0.2, -0.15) is 0 Å². The number of phenolic OH excluding ortho intramolecular Hbond substituents is 1. The molecule has 1 aliphatic carbocycles. The molecule has 0 bridgehead atoms. The molecule has 0 amide bonds. The fraction of sp³-hybridized carbons (Fsp3) is 0.417. The standard InChI is InChI=1S/C12H15NO3/c1-7(12(15)16)13-10-6-5-9-8(10)3-2-4-11(9)14/h2-4,7,10,13-14H,5-6H2,1H3,(H,15,16). The lowest BCUT2D eigenvalue weighted by atomic mass is 10.1. The van der Waals surface area contributed by atoms with Crippen molar-refractivity contribution in [1.82, 2.24) is 5.32 Å². The van der Waals surface area contributed by atoms with E-state index in [0.717, 1.165) is 24.0 Å². The number of phenols is 1. The van der Waals surface area contributed by atoms with Gasteiger partial charge in [-0.15, -0.1) is 0 Å². The predicted octanol–water partition coefficient (Wildman–Crippen LogP) is 1.44. The van der Waals surface area contributed by atoms with Gasteiger partial charge in [-0.25, -0.2) is 0 Å². The lowest BCUT2D eigenvalue weighted by Crippen LogP contribution is -2.35. The number of rotatable bonds is 3. The number of nitrogens with one attached hydrogen (secondary N) is 1. The Morgan fingerprint density at radius 2 is 2.31 bits per heavy atom. The first kappa shape index (κ1) is 11.0. The van der Waals surface area contributed by atoms with Crippen molar-refractivity contribution < 1.29 is 15.0 Å². The SMILES string of the molecule is CC(NC1CCc2c(O)cccc21)C(=O)O. The highest BCUT2D eigenvalue weighted by Crippen LogP contribution is 2.36. The summed E-state index contributed by atoms with van der Waals surface area (Å²) >= 11 is 0. The number of hydrogen-bond donors (Lipinski definition) is 3. The van der Waals surface area contributed by atoms with Crippen LogP contribution in [0.25, 0.3) is 0 Å². The second-order valence-electron chi connectivity index (χ2n) is 4.16. The molecule has 0 radical (unpaired) electrons. The number of fused-ring (bicyclic) bond motifs is 1. The van der Waals surface area contributed by atoms with Crippen LogP contribution in [0.15, 0.2) is 18.2 Å². The summed E-state index contributed by atoms with van der Waals surface area (Å²) in [6.45, 7) is 1.63. The van der Waals surface area contributed by atoms with E-state index < -0.39 is 12.0 Å². The summed E-state index contributed by atoms with van der Waals surface area (Å²) in [4.78, 5) is 10.8. The molecule has 86 valence electrons. The van der Waals surface area contributed by atoms with Gasteiger partial charge in [-0.1, -0.05) is 12.1 Å². The number of hydrogen-bond acceptors (Lipinski definition) is 3. The van der Waals surface area contributed by atoms with Crippen LogP contribution in [0.4, 0.5) is 0 Å². The van der Waals surface area contributed by atoms with E-state index >= 15 is 0 Å². The summed E-state index contributed by atoms with van der Waals surface area (Å²) in [5.41, 5.74) is 1.96. The molecule has 0 saturated heterocycles. The molecule has 2 atom stereocenters. The monoisotopic (exact) mass is 221 g/mol. The van der Waals surface area contributed by atoms with Crippen molar-refractivity contribution in [2.75, 3.05) is 0 Å². The molecule has 1 aliphatic rings. The van der Waals surface area contributed by atoms with E-state index in [4.69, 9.17) is 5.11 Å². The minimum absolute atomic E-state index is 0.0354. The number of carboxylic acids is 1. The number of benzene rings is 1. The van der Waals surface area contributed by atoms with Crippen molar-refractivity contribution in [3.05, 3.63) is 29.3 Å². The lowest BCUT2D eigenvalue weighted by molar-refractivity contribution is -0.139. The Hall–Kier alpha value is -1.55. The predicted molar refractivity (Wildman–Crippen MR) is 59.4 cm³/mol. The van der Waals surface area contributed by atoms with Crippen LogP contribution < -0.4 is 5.32 Å². The summed E-state index contributed by atoms with van der Waals surface area (Å²) in [6.07, 6.45) is 1.64. The Labute approximate surface area is 93.9 Å². The zero-order chi connectivity index (χ0) is 11.7. The van der Waals surface area contributed by atoms with Crippen LogP contribution >= 0.6 is 0 Å². The van der Waals surface area contributed by atoms with Crippen molar-refractivity contribution in [3.63, 3.8) is 0 Å². The first-order valence-electron chi connectivity index (χ1n) is 5.39. The Morgan fingerprint density at radius 3 is 3.00 bits per heavy atom. The summed E-state index contributed by atoms with van der Waals surface area (Å²) in [7, 11) is 0. The first-order valence-corrected chi connectivity index (χ1v) is 5.39. The number of aliphatic carboxylic acids is 1. The average Bonchev–Trinajstić information content (AvgIpc) is 2.63. The minimum atomic E-state index is -0.853. The van der Waals surface area contributed by atoms with Crippen LogP contribution in [0.1, 0.15) is 30.5 Å². The van der Waals surface area contributed by atoms with E-state index in [-0.39, 0.29) is 6.04 Å². The number of aromatic hydroxyl groups is 1. The van der Waals surface area contributed by atoms with Crippen LogP contribution in [-0.4, -0.2) is 22.2 Å². The summed E-state index contributed by atoms with van der Waals surface area (Å²) in [6, 6.07) is 4.86. The highest BCUT2D eigenvalue weighted by Gasteiger charge is 2.26. The third-order valence-electron chi connectivity index (χ3n) is 3.07. The molecular weight excluding hydrogens is 206 g/mol. The molecule has 0 aliphatic heterocycles. The summed E-state index contributed by atoms with van der Waals surface area (Å²) in [5, 5.41) is 21.5. The molecule has 0 aromatic heterocycles. The molecule has 3 N–H and O–H groups in total. The van der Waals surface area contributed by atoms with Crippen molar-refractivity contribution in [3.8, 4) is 5.75 Å². The normalized spacial score (nSPS) is 20.4. The van der Waals surface area contributed by atoms with Gasteiger partial charge in [0.1, 0.15) is 11.8 Å². The van der Waals surface area contributed by atoms with Gasteiger partial charge < -0.3 is 10.2 Å². The van der Waals surface area contributed by atoms with Crippen molar-refractivity contribution in [2.24, 2.45) is 0 Å². The molecule has 2 unspecified atom stereocenters. The van der Waals surface area contributed by atoms with Gasteiger partial charge in [0.25, 0.3) is 0 Å². The van der Waals surface area contributed by atoms with Gasteiger partial charge in [-0.3, -0.25) is 10.1 Å². The van der Waals surface area contributed by atoms with E-state index in [9.17, 15) is 9.90 Å². The molecule has 1 aromatic carbocycles. The van der Waals surface area contributed by atoms with Gasteiger partial charge in [0.05, 0.1) is 0 Å². The molecule has 4 nitrogen and oxygen atoms in total. The second kappa shape index (κ2) is 4.14. The smallest absolute Gasteiger partial charge is 0.320 e. The van der Waals surface area contributed by atoms with E-state index in [1.807, 2.05) is 6.07 Å². The fourth-order valence-electron chi connectivity index (χ4n) is 2.18. The minimum Gasteiger partial charge on any atom is -0.508 e. The highest BCUT2D eigenvalue weighted by molar-refractivity contribution is 5.73. The maximum Gasteiger partial charge on any atom is 0.320 e. The van der Waals surface area contributed by atoms with Crippen LogP contribution in [0.5, 0.6) is 5.75 Å². The van der Waals surface area contributed by atoms with Crippen molar-refractivity contribution in [2.45, 2.75) is 31.8 Å². The largest absolute Gasteiger partial charge is 0.508 e. The van der Waals surface area contributed by atoms with E-state index in [0.29, 0.717) is 5.75 Å². The molecule has 16 heavy (non-hydrogen) atoms. The van der Waals surface area contributed by atoms with E-state index in [2.05, 4.69) is 5.32 Å². The van der Waals surface area contributed by atoms with Gasteiger partial charge in [0.15, 0.2) is 0 Å². The summed E-state index contributed by atoms with van der Waals surface area (Å²) < 4.78 is 0. The Morgan fingerprint density at radius 1 is 1.56 bits per heavy atom. The number of carbonyl (C=O) groups is 1. The second-order valence-corrected chi connectivity index (χ2v) is 4.16. The lowest BCUT2D eigenvalue weighted by Gasteiger charge is -2.17. The maximum atomic E-state index is 10.8. The quantitative estimate of drug-likeness (QED) is 0.722. The van der Waals surface area contributed by atoms with Gasteiger partial charge >= 0.3 is 5.97 Å². The average molecular weight is 221 g/mol. The van der Waals surface area contributed by atoms with Crippen LogP contribution in [0, 0.1) is 0 Å². The van der Waals surface area contributed by atoms with Crippen molar-refractivity contribution in [1.29, 1.82) is 0 Å². The van der Waals surface area contributed by atoms with Gasteiger partial charge in [-0.05, 0) is 37.0 Å². The van der Waals surface area contributed by atoms with E-state index in [1.54, 1.807) is 19.1 Å². The Balaban J connectivity index is 2.18.